The van der Waals surface area contributed by atoms with Gasteiger partial charge in [0.2, 0.25) is 0 Å². The van der Waals surface area contributed by atoms with Gasteiger partial charge in [0.25, 0.3) is 0 Å². The van der Waals surface area contributed by atoms with Crippen molar-refractivity contribution in [2.45, 2.75) is 230 Å². The number of hydrogen-bond donors (Lipinski definition) is 6. The molecule has 0 aliphatic heterocycles. The highest BCUT2D eigenvalue weighted by Crippen LogP contribution is 2.47. The first-order valence-electron chi connectivity index (χ1n) is 23.3. The van der Waals surface area contributed by atoms with Crippen LogP contribution >= 0.6 is 7.82 Å². The zero-order valence-corrected chi connectivity index (χ0v) is 37.9. The predicted octanol–water partition coefficient (Wildman–Crippen LogP) is 9.00. The Hall–Kier alpha value is -1.93. The number of hydrogen-bond acceptors (Lipinski definition) is 12. The lowest BCUT2D eigenvalue weighted by atomic mass is 9.85. The maximum absolute atomic E-state index is 12.8. The maximum atomic E-state index is 12.8. The fraction of sp³-hybridized carbons (Fsp3) is 0.826. The number of phosphoric acid groups is 1. The monoisotopic (exact) mass is 875 g/mol. The number of unbranched alkanes of at least 4 members (excludes halogenated alkanes) is 20. The molecule has 1 aliphatic rings. The fourth-order valence-corrected chi connectivity index (χ4v) is 7.86. The van der Waals surface area contributed by atoms with Gasteiger partial charge in [-0.2, -0.15) is 0 Å². The number of rotatable bonds is 38. The van der Waals surface area contributed by atoms with Crippen LogP contribution in [0, 0.1) is 0 Å². The fourth-order valence-electron chi connectivity index (χ4n) is 6.89. The molecule has 1 fully saturated rings. The van der Waals surface area contributed by atoms with E-state index < -0.39 is 75.7 Å². The van der Waals surface area contributed by atoms with Gasteiger partial charge in [-0.15, -0.1) is 0 Å². The molecule has 13 nitrogen and oxygen atoms in total. The van der Waals surface area contributed by atoms with E-state index in [-0.39, 0.29) is 12.8 Å². The number of carbonyl (C=O) groups excluding carboxylic acids is 2. The third-order valence-corrected chi connectivity index (χ3v) is 11.7. The van der Waals surface area contributed by atoms with Gasteiger partial charge in [-0.3, -0.25) is 18.6 Å². The van der Waals surface area contributed by atoms with Crippen LogP contribution in [0.1, 0.15) is 187 Å². The molecule has 60 heavy (non-hydrogen) atoms. The summed E-state index contributed by atoms with van der Waals surface area (Å²) in [6.07, 6.45) is 27.7. The summed E-state index contributed by atoms with van der Waals surface area (Å²) in [6, 6.07) is 0. The van der Waals surface area contributed by atoms with Crippen LogP contribution in [0.5, 0.6) is 0 Å². The summed E-state index contributed by atoms with van der Waals surface area (Å²) in [5.74, 6) is -1.12. The zero-order valence-electron chi connectivity index (χ0n) is 37.0. The topological polar surface area (TPSA) is 210 Å². The third kappa shape index (κ3) is 28.6. The summed E-state index contributed by atoms with van der Waals surface area (Å²) < 4.78 is 33.5. The van der Waals surface area contributed by atoms with Gasteiger partial charge in [0.05, 0.1) is 6.61 Å². The van der Waals surface area contributed by atoms with E-state index in [2.05, 4.69) is 50.3 Å². The molecule has 0 heterocycles. The van der Waals surface area contributed by atoms with Crippen molar-refractivity contribution in [1.82, 2.24) is 0 Å². The number of carbonyl (C=O) groups is 2. The molecule has 0 saturated heterocycles. The Labute approximate surface area is 361 Å². The maximum Gasteiger partial charge on any atom is 0.472 e. The molecule has 350 valence electrons. The van der Waals surface area contributed by atoms with Crippen molar-refractivity contribution in [1.29, 1.82) is 0 Å². The Bertz CT molecular complexity index is 1190. The Morgan fingerprint density at radius 3 is 1.42 bits per heavy atom. The third-order valence-electron chi connectivity index (χ3n) is 10.7. The largest absolute Gasteiger partial charge is 0.472 e. The summed E-state index contributed by atoms with van der Waals surface area (Å²) >= 11 is 0. The molecule has 8 atom stereocenters. The van der Waals surface area contributed by atoms with Crippen LogP contribution < -0.4 is 0 Å². The van der Waals surface area contributed by atoms with Gasteiger partial charge in [0, 0.05) is 12.8 Å². The van der Waals surface area contributed by atoms with Crippen LogP contribution in [0.15, 0.2) is 36.5 Å². The molecule has 14 heteroatoms. The summed E-state index contributed by atoms with van der Waals surface area (Å²) in [5.41, 5.74) is 0. The van der Waals surface area contributed by atoms with Gasteiger partial charge in [0.15, 0.2) is 6.10 Å². The molecule has 6 N–H and O–H groups in total. The van der Waals surface area contributed by atoms with Crippen molar-refractivity contribution < 1.29 is 63.1 Å². The SMILES string of the molecule is CCCC/C=C/C/C=C/CCCCCCCC(=O)O[C@@H](COC(=O)CCCCCCCCC/C=C/CCCCCCCC)COP(=O)(O)OC1C(O)C(O)C(O)[C@H](O)C1O. The Kier molecular flexibility index (Phi) is 34.2. The lowest BCUT2D eigenvalue weighted by Crippen LogP contribution is -2.64. The predicted molar refractivity (Wildman–Crippen MR) is 235 cm³/mol. The van der Waals surface area contributed by atoms with Gasteiger partial charge in [0.1, 0.15) is 43.2 Å². The highest BCUT2D eigenvalue weighted by atomic mass is 31.2. The van der Waals surface area contributed by atoms with Gasteiger partial charge in [-0.1, -0.05) is 147 Å². The van der Waals surface area contributed by atoms with Crippen LogP contribution in [0.3, 0.4) is 0 Å². The first kappa shape index (κ1) is 56.1. The second-order valence-electron chi connectivity index (χ2n) is 16.3. The van der Waals surface area contributed by atoms with E-state index in [1.807, 2.05) is 0 Å². The second kappa shape index (κ2) is 36.5. The van der Waals surface area contributed by atoms with Gasteiger partial charge in [-0.05, 0) is 64.2 Å². The molecule has 0 aromatic heterocycles. The summed E-state index contributed by atoms with van der Waals surface area (Å²) in [7, 11) is -5.12. The van der Waals surface area contributed by atoms with Crippen LogP contribution in [-0.4, -0.2) is 98.3 Å². The molecule has 0 aromatic carbocycles. The average molecular weight is 875 g/mol. The summed E-state index contributed by atoms with van der Waals surface area (Å²) in [4.78, 5) is 35.7. The molecule has 6 unspecified atom stereocenters. The van der Waals surface area contributed by atoms with Crippen LogP contribution in [-0.2, 0) is 32.7 Å². The van der Waals surface area contributed by atoms with Crippen molar-refractivity contribution >= 4 is 19.8 Å². The number of aliphatic hydroxyl groups excluding tert-OH is 5. The highest BCUT2D eigenvalue weighted by molar-refractivity contribution is 7.47. The molecule has 1 rings (SSSR count). The van der Waals surface area contributed by atoms with E-state index in [9.17, 15) is 44.6 Å². The minimum absolute atomic E-state index is 0.0799. The summed E-state index contributed by atoms with van der Waals surface area (Å²) in [6.45, 7) is 3.24. The number of phosphoric ester groups is 1. The summed E-state index contributed by atoms with van der Waals surface area (Å²) in [5, 5.41) is 50.1. The quantitative estimate of drug-likeness (QED) is 0.0148. The van der Waals surface area contributed by atoms with Gasteiger partial charge >= 0.3 is 19.8 Å². The molecule has 0 radical (unpaired) electrons. The van der Waals surface area contributed by atoms with E-state index in [1.54, 1.807) is 0 Å². The van der Waals surface area contributed by atoms with Gasteiger partial charge < -0.3 is 39.9 Å². The average Bonchev–Trinajstić information content (AvgIpc) is 3.23. The van der Waals surface area contributed by atoms with Crippen LogP contribution in [0.4, 0.5) is 0 Å². The van der Waals surface area contributed by atoms with E-state index in [1.165, 1.54) is 70.6 Å². The molecule has 1 aliphatic carbocycles. The lowest BCUT2D eigenvalue weighted by molar-refractivity contribution is -0.220. The number of ether oxygens (including phenoxy) is 2. The molecule has 0 spiro atoms. The lowest BCUT2D eigenvalue weighted by Gasteiger charge is -2.41. The first-order chi connectivity index (χ1) is 28.9. The number of esters is 2. The molecule has 0 bridgehead atoms. The first-order valence-corrected chi connectivity index (χ1v) is 24.8. The van der Waals surface area contributed by atoms with E-state index in [4.69, 9.17) is 18.5 Å². The van der Waals surface area contributed by atoms with Crippen molar-refractivity contribution in [3.63, 3.8) is 0 Å². The molecule has 0 aromatic rings. The van der Waals surface area contributed by atoms with Gasteiger partial charge in [-0.25, -0.2) is 4.57 Å². The molecular formula is C46H83O13P. The molecular weight excluding hydrogens is 791 g/mol. The molecule has 1 saturated carbocycles. The van der Waals surface area contributed by atoms with Crippen LogP contribution in [0.2, 0.25) is 0 Å². The minimum atomic E-state index is -5.12. The van der Waals surface area contributed by atoms with E-state index >= 15 is 0 Å². The number of allylic oxidation sites excluding steroid dienone is 6. The molecule has 0 amide bonds. The van der Waals surface area contributed by atoms with Crippen LogP contribution in [0.25, 0.3) is 0 Å². The minimum Gasteiger partial charge on any atom is -0.462 e. The van der Waals surface area contributed by atoms with E-state index in [0.717, 1.165) is 77.0 Å². The zero-order chi connectivity index (χ0) is 44.3. The van der Waals surface area contributed by atoms with E-state index in [0.29, 0.717) is 12.8 Å². The standard InChI is InChI=1S/C46H83O13P/c1-3-5-7-9-11-13-15-17-19-20-21-23-24-26-28-30-32-34-39(47)56-36-38(37-57-60(54,55)59-46-44(52)42(50)41(49)43(51)45(46)53)58-40(48)35-33-31-29-27-25-22-18-16-14-12-10-8-6-4-2/h10,12,16-19,38,41-46,49-53H,3-9,11,13-15,20-37H2,1-2H3,(H,54,55)/b12-10+,18-16+,19-17+/t38-,41?,42-,43?,44?,45?,46?/m0/s1. The normalized spacial score (nSPS) is 22.5. The van der Waals surface area contributed by atoms with Crippen molar-refractivity contribution in [3.05, 3.63) is 36.5 Å². The van der Waals surface area contributed by atoms with Crippen molar-refractivity contribution in [2.24, 2.45) is 0 Å². The number of aliphatic hydroxyl groups is 5. The second-order valence-corrected chi connectivity index (χ2v) is 17.7. The Balaban J connectivity index is 2.46. The van der Waals surface area contributed by atoms with Crippen molar-refractivity contribution in [3.8, 4) is 0 Å². The Morgan fingerprint density at radius 1 is 0.517 bits per heavy atom. The highest BCUT2D eigenvalue weighted by Gasteiger charge is 2.51. The Morgan fingerprint density at radius 2 is 0.917 bits per heavy atom. The smallest absolute Gasteiger partial charge is 0.462 e. The van der Waals surface area contributed by atoms with Crippen molar-refractivity contribution in [2.75, 3.05) is 13.2 Å².